The Balaban J connectivity index is 1.49. The molecule has 1 aliphatic heterocycles. The molecular formula is C28H26N4O3. The van der Waals surface area contributed by atoms with Gasteiger partial charge in [-0.15, -0.1) is 0 Å². The van der Waals surface area contributed by atoms with Crippen LogP contribution in [-0.4, -0.2) is 38.6 Å². The van der Waals surface area contributed by atoms with Crippen molar-refractivity contribution in [3.63, 3.8) is 0 Å². The molecule has 2 heterocycles. The Kier molecular flexibility index (Phi) is 5.91. The monoisotopic (exact) mass is 466 g/mol. The predicted octanol–water partition coefficient (Wildman–Crippen LogP) is 4.28. The summed E-state index contributed by atoms with van der Waals surface area (Å²) in [6, 6.07) is 22.3. The summed E-state index contributed by atoms with van der Waals surface area (Å²) in [5.41, 5.74) is 3.18. The summed E-state index contributed by atoms with van der Waals surface area (Å²) in [6.45, 7) is 3.98. The topological polar surface area (TPSA) is 95.2 Å². The van der Waals surface area contributed by atoms with Gasteiger partial charge in [-0.05, 0) is 35.7 Å². The van der Waals surface area contributed by atoms with E-state index in [0.29, 0.717) is 17.0 Å². The van der Waals surface area contributed by atoms with Crippen LogP contribution in [0.2, 0.25) is 0 Å². The average Bonchev–Trinajstić information content (AvgIpc) is 3.40. The van der Waals surface area contributed by atoms with Gasteiger partial charge >= 0.3 is 0 Å². The van der Waals surface area contributed by atoms with Crippen molar-refractivity contribution in [2.75, 3.05) is 0 Å². The molecule has 176 valence electrons. The molecule has 1 aromatic heterocycles. The molecular weight excluding hydrogens is 440 g/mol. The van der Waals surface area contributed by atoms with Crippen LogP contribution in [0.1, 0.15) is 52.0 Å². The number of aromatic amines is 1. The SMILES string of the molecule is CC(C)C(NC(=O)C(Cc1ccccc1)N1C(=O)c2ccccc2C1=O)c1nc2ccccc2[nH]1. The molecule has 4 aromatic rings. The molecule has 7 heteroatoms. The number of rotatable bonds is 7. The van der Waals surface area contributed by atoms with Crippen LogP contribution in [-0.2, 0) is 11.2 Å². The zero-order valence-electron chi connectivity index (χ0n) is 19.6. The summed E-state index contributed by atoms with van der Waals surface area (Å²) in [5, 5.41) is 3.08. The molecule has 3 aromatic carbocycles. The van der Waals surface area contributed by atoms with Crippen molar-refractivity contribution >= 4 is 28.8 Å². The number of imide groups is 1. The van der Waals surface area contributed by atoms with Crippen LogP contribution in [0.25, 0.3) is 11.0 Å². The van der Waals surface area contributed by atoms with Crippen molar-refractivity contribution in [2.24, 2.45) is 5.92 Å². The lowest BCUT2D eigenvalue weighted by molar-refractivity contribution is -0.126. The minimum atomic E-state index is -1.00. The summed E-state index contributed by atoms with van der Waals surface area (Å²) < 4.78 is 0. The van der Waals surface area contributed by atoms with Crippen LogP contribution in [0.3, 0.4) is 0 Å². The number of para-hydroxylation sites is 2. The molecule has 7 nitrogen and oxygen atoms in total. The van der Waals surface area contributed by atoms with Crippen molar-refractivity contribution in [3.05, 3.63) is 101 Å². The van der Waals surface area contributed by atoms with Gasteiger partial charge in [0.05, 0.1) is 28.2 Å². The molecule has 5 rings (SSSR count). The van der Waals surface area contributed by atoms with Crippen LogP contribution in [0, 0.1) is 5.92 Å². The van der Waals surface area contributed by atoms with Crippen molar-refractivity contribution in [1.82, 2.24) is 20.2 Å². The Morgan fingerprint density at radius 1 is 0.886 bits per heavy atom. The van der Waals surface area contributed by atoms with Crippen molar-refractivity contribution in [1.29, 1.82) is 0 Å². The number of nitrogens with zero attached hydrogens (tertiary/aromatic N) is 2. The highest BCUT2D eigenvalue weighted by atomic mass is 16.2. The fourth-order valence-electron chi connectivity index (χ4n) is 4.55. The number of hydrogen-bond donors (Lipinski definition) is 2. The van der Waals surface area contributed by atoms with Gasteiger partial charge in [0, 0.05) is 6.42 Å². The van der Waals surface area contributed by atoms with Gasteiger partial charge < -0.3 is 10.3 Å². The van der Waals surface area contributed by atoms with Crippen molar-refractivity contribution in [3.8, 4) is 0 Å². The van der Waals surface area contributed by atoms with E-state index in [0.717, 1.165) is 21.5 Å². The molecule has 0 fully saturated rings. The number of fused-ring (bicyclic) bond motifs is 2. The molecule has 2 atom stereocenters. The van der Waals surface area contributed by atoms with E-state index in [9.17, 15) is 14.4 Å². The zero-order valence-corrected chi connectivity index (χ0v) is 19.6. The van der Waals surface area contributed by atoms with Gasteiger partial charge in [0.25, 0.3) is 11.8 Å². The van der Waals surface area contributed by atoms with E-state index in [1.165, 1.54) is 0 Å². The minimum absolute atomic E-state index is 0.0130. The van der Waals surface area contributed by atoms with E-state index in [1.807, 2.05) is 68.4 Å². The maximum Gasteiger partial charge on any atom is 0.262 e. The highest BCUT2D eigenvalue weighted by Crippen LogP contribution is 2.28. The third-order valence-corrected chi connectivity index (χ3v) is 6.38. The number of carbonyl (C=O) groups is 3. The fourth-order valence-corrected chi connectivity index (χ4v) is 4.55. The van der Waals surface area contributed by atoms with Gasteiger partial charge in [-0.3, -0.25) is 19.3 Å². The number of aromatic nitrogens is 2. The first-order chi connectivity index (χ1) is 16.9. The Morgan fingerprint density at radius 3 is 2.11 bits per heavy atom. The van der Waals surface area contributed by atoms with Crippen LogP contribution >= 0.6 is 0 Å². The molecule has 1 aliphatic rings. The summed E-state index contributed by atoms with van der Waals surface area (Å²) in [6.07, 6.45) is 0.211. The first kappa shape index (κ1) is 22.5. The maximum atomic E-state index is 13.8. The zero-order chi connectivity index (χ0) is 24.5. The number of nitrogens with one attached hydrogen (secondary N) is 2. The number of benzene rings is 3. The summed E-state index contributed by atoms with van der Waals surface area (Å²) in [7, 11) is 0. The molecule has 3 amide bonds. The van der Waals surface area contributed by atoms with Crippen LogP contribution in [0.15, 0.2) is 78.9 Å². The van der Waals surface area contributed by atoms with E-state index in [1.54, 1.807) is 24.3 Å². The van der Waals surface area contributed by atoms with E-state index in [2.05, 4.69) is 15.3 Å². The highest BCUT2D eigenvalue weighted by Gasteiger charge is 2.43. The second kappa shape index (κ2) is 9.18. The van der Waals surface area contributed by atoms with Gasteiger partial charge in [-0.25, -0.2) is 4.98 Å². The van der Waals surface area contributed by atoms with E-state index in [4.69, 9.17) is 0 Å². The van der Waals surface area contributed by atoms with Gasteiger partial charge in [0.1, 0.15) is 11.9 Å². The van der Waals surface area contributed by atoms with Crippen LogP contribution in [0.4, 0.5) is 0 Å². The van der Waals surface area contributed by atoms with Crippen molar-refractivity contribution < 1.29 is 14.4 Å². The van der Waals surface area contributed by atoms with Gasteiger partial charge in [0.15, 0.2) is 0 Å². The normalized spacial score (nSPS) is 14.9. The van der Waals surface area contributed by atoms with Gasteiger partial charge in [-0.1, -0.05) is 68.4 Å². The first-order valence-electron chi connectivity index (χ1n) is 11.7. The molecule has 2 N–H and O–H groups in total. The summed E-state index contributed by atoms with van der Waals surface area (Å²) in [5.74, 6) is -0.657. The lowest BCUT2D eigenvalue weighted by Crippen LogP contribution is -2.52. The summed E-state index contributed by atoms with van der Waals surface area (Å²) in [4.78, 5) is 49.4. The lowest BCUT2D eigenvalue weighted by atomic mass is 10.0. The number of imidazole rings is 1. The summed E-state index contributed by atoms with van der Waals surface area (Å²) >= 11 is 0. The number of carbonyl (C=O) groups excluding carboxylic acids is 3. The maximum absolute atomic E-state index is 13.8. The number of amides is 3. The Labute approximate surface area is 203 Å². The van der Waals surface area contributed by atoms with Gasteiger partial charge in [0.2, 0.25) is 5.91 Å². The molecule has 0 radical (unpaired) electrons. The number of H-pyrrole nitrogens is 1. The molecule has 0 aliphatic carbocycles. The lowest BCUT2D eigenvalue weighted by Gasteiger charge is -2.28. The molecule has 0 spiro atoms. The second-order valence-corrected chi connectivity index (χ2v) is 9.10. The van der Waals surface area contributed by atoms with Crippen LogP contribution < -0.4 is 5.32 Å². The second-order valence-electron chi connectivity index (χ2n) is 9.10. The Morgan fingerprint density at radius 2 is 1.49 bits per heavy atom. The quantitative estimate of drug-likeness (QED) is 0.398. The average molecular weight is 467 g/mol. The third kappa shape index (κ3) is 4.21. The molecule has 0 saturated carbocycles. The Hall–Kier alpha value is -4.26. The van der Waals surface area contributed by atoms with Crippen LogP contribution in [0.5, 0.6) is 0 Å². The van der Waals surface area contributed by atoms with Gasteiger partial charge in [-0.2, -0.15) is 0 Å². The molecule has 35 heavy (non-hydrogen) atoms. The predicted molar refractivity (Wildman–Crippen MR) is 133 cm³/mol. The molecule has 2 unspecified atom stereocenters. The van der Waals surface area contributed by atoms with E-state index >= 15 is 0 Å². The first-order valence-corrected chi connectivity index (χ1v) is 11.7. The largest absolute Gasteiger partial charge is 0.344 e. The minimum Gasteiger partial charge on any atom is -0.344 e. The van der Waals surface area contributed by atoms with E-state index in [-0.39, 0.29) is 12.3 Å². The standard InChI is InChI=1S/C28H26N4O3/c1-17(2)24(25-29-21-14-8-9-15-22(21)30-25)31-26(33)23(16-18-10-4-3-5-11-18)32-27(34)19-12-6-7-13-20(19)28(32)35/h3-15,17,23-24H,16H2,1-2H3,(H,29,30)(H,31,33). The number of hydrogen-bond acceptors (Lipinski definition) is 4. The third-order valence-electron chi connectivity index (χ3n) is 6.38. The smallest absolute Gasteiger partial charge is 0.262 e. The molecule has 0 bridgehead atoms. The molecule has 0 saturated heterocycles. The highest BCUT2D eigenvalue weighted by molar-refractivity contribution is 6.22. The fraction of sp³-hybridized carbons (Fsp3) is 0.214. The Bertz CT molecular complexity index is 1340. The van der Waals surface area contributed by atoms with E-state index < -0.39 is 29.8 Å². The van der Waals surface area contributed by atoms with Crippen molar-refractivity contribution in [2.45, 2.75) is 32.4 Å².